The molecule has 1 heterocycles. The minimum atomic E-state index is -0.535. The first-order valence-electron chi connectivity index (χ1n) is 7.62. The lowest BCUT2D eigenvalue weighted by atomic mass is 10.1. The van der Waals surface area contributed by atoms with Gasteiger partial charge in [0.25, 0.3) is 0 Å². The van der Waals surface area contributed by atoms with Crippen molar-refractivity contribution in [3.63, 3.8) is 0 Å². The number of hydrogen-bond donors (Lipinski definition) is 2. The lowest BCUT2D eigenvalue weighted by molar-refractivity contribution is 0.174. The standard InChI is InChI=1S/C17H25N3O2/c1-5-20-13(3)16(12(2)19-20)10-18-11-17(21)14-6-8-15(22-4)9-7-14/h6-9,17-18,21H,5,10-11H2,1-4H3. The molecule has 2 N–H and O–H groups in total. The van der Waals surface area contributed by atoms with Crippen LogP contribution in [0.2, 0.25) is 0 Å². The zero-order chi connectivity index (χ0) is 16.1. The number of ether oxygens (including phenoxy) is 1. The zero-order valence-corrected chi connectivity index (χ0v) is 13.8. The van der Waals surface area contributed by atoms with Crippen LogP contribution in [0.25, 0.3) is 0 Å². The van der Waals surface area contributed by atoms with Gasteiger partial charge in [0, 0.05) is 30.9 Å². The van der Waals surface area contributed by atoms with Crippen molar-refractivity contribution in [3.05, 3.63) is 46.8 Å². The first kappa shape index (κ1) is 16.5. The average Bonchev–Trinajstić information content (AvgIpc) is 2.82. The molecule has 0 saturated carbocycles. The van der Waals surface area contributed by atoms with Crippen LogP contribution in [0.4, 0.5) is 0 Å². The summed E-state index contributed by atoms with van der Waals surface area (Å²) < 4.78 is 7.13. The predicted octanol–water partition coefficient (Wildman–Crippen LogP) is 2.35. The van der Waals surface area contributed by atoms with Crippen molar-refractivity contribution in [3.8, 4) is 5.75 Å². The van der Waals surface area contributed by atoms with E-state index in [-0.39, 0.29) is 0 Å². The topological polar surface area (TPSA) is 59.3 Å². The highest BCUT2D eigenvalue weighted by molar-refractivity contribution is 5.28. The lowest BCUT2D eigenvalue weighted by Gasteiger charge is -2.13. The van der Waals surface area contributed by atoms with E-state index in [0.29, 0.717) is 13.1 Å². The summed E-state index contributed by atoms with van der Waals surface area (Å²) in [6.45, 7) is 8.29. The Bertz CT molecular complexity index is 605. The average molecular weight is 303 g/mol. The Morgan fingerprint density at radius 1 is 1.27 bits per heavy atom. The third-order valence-corrected chi connectivity index (χ3v) is 3.97. The van der Waals surface area contributed by atoms with Gasteiger partial charge in [-0.2, -0.15) is 5.10 Å². The smallest absolute Gasteiger partial charge is 0.118 e. The number of hydrogen-bond acceptors (Lipinski definition) is 4. The Morgan fingerprint density at radius 2 is 1.95 bits per heavy atom. The van der Waals surface area contributed by atoms with Crippen LogP contribution >= 0.6 is 0 Å². The van der Waals surface area contributed by atoms with Crippen LogP contribution in [0, 0.1) is 13.8 Å². The second kappa shape index (κ2) is 7.42. The molecule has 0 fully saturated rings. The Balaban J connectivity index is 1.91. The van der Waals surface area contributed by atoms with Crippen molar-refractivity contribution in [2.75, 3.05) is 13.7 Å². The maximum Gasteiger partial charge on any atom is 0.118 e. The van der Waals surface area contributed by atoms with Gasteiger partial charge < -0.3 is 15.2 Å². The van der Waals surface area contributed by atoms with Crippen LogP contribution in [-0.2, 0) is 13.1 Å². The van der Waals surface area contributed by atoms with Gasteiger partial charge in [-0.3, -0.25) is 4.68 Å². The molecule has 5 nitrogen and oxygen atoms in total. The molecule has 0 saturated heterocycles. The summed E-state index contributed by atoms with van der Waals surface area (Å²) in [5.74, 6) is 0.794. The summed E-state index contributed by atoms with van der Waals surface area (Å²) in [6, 6.07) is 7.49. The summed E-state index contributed by atoms with van der Waals surface area (Å²) >= 11 is 0. The van der Waals surface area contributed by atoms with Crippen LogP contribution in [0.15, 0.2) is 24.3 Å². The fourth-order valence-corrected chi connectivity index (χ4v) is 2.58. The van der Waals surface area contributed by atoms with Crippen molar-refractivity contribution < 1.29 is 9.84 Å². The number of aliphatic hydroxyl groups is 1. The van der Waals surface area contributed by atoms with E-state index in [4.69, 9.17) is 4.74 Å². The van der Waals surface area contributed by atoms with Gasteiger partial charge in [-0.25, -0.2) is 0 Å². The normalized spacial score (nSPS) is 12.4. The Kier molecular flexibility index (Phi) is 5.57. The fraction of sp³-hybridized carbons (Fsp3) is 0.471. The van der Waals surface area contributed by atoms with Gasteiger partial charge in [-0.05, 0) is 38.5 Å². The van der Waals surface area contributed by atoms with Gasteiger partial charge in [0.15, 0.2) is 0 Å². The van der Waals surface area contributed by atoms with Gasteiger partial charge in [0.2, 0.25) is 0 Å². The monoisotopic (exact) mass is 303 g/mol. The second-order valence-electron chi connectivity index (χ2n) is 5.38. The molecule has 0 aliphatic rings. The van der Waals surface area contributed by atoms with Gasteiger partial charge in [-0.15, -0.1) is 0 Å². The molecule has 5 heteroatoms. The van der Waals surface area contributed by atoms with Crippen LogP contribution in [0.5, 0.6) is 5.75 Å². The van der Waals surface area contributed by atoms with Gasteiger partial charge in [0.05, 0.1) is 18.9 Å². The minimum absolute atomic E-state index is 0.502. The molecule has 0 spiro atoms. The highest BCUT2D eigenvalue weighted by atomic mass is 16.5. The van der Waals surface area contributed by atoms with E-state index < -0.39 is 6.10 Å². The van der Waals surface area contributed by atoms with E-state index in [1.165, 1.54) is 11.3 Å². The van der Waals surface area contributed by atoms with E-state index in [1.54, 1.807) is 7.11 Å². The maximum absolute atomic E-state index is 10.2. The van der Waals surface area contributed by atoms with Crippen molar-refractivity contribution >= 4 is 0 Å². The molecule has 1 unspecified atom stereocenters. The van der Waals surface area contributed by atoms with Gasteiger partial charge in [-0.1, -0.05) is 12.1 Å². The van der Waals surface area contributed by atoms with Crippen molar-refractivity contribution in [2.45, 2.75) is 40.0 Å². The molecule has 2 rings (SSSR count). The first-order valence-corrected chi connectivity index (χ1v) is 7.62. The van der Waals surface area contributed by atoms with Crippen molar-refractivity contribution in [1.82, 2.24) is 15.1 Å². The van der Waals surface area contributed by atoms with E-state index in [1.807, 2.05) is 35.9 Å². The number of nitrogens with zero attached hydrogens (tertiary/aromatic N) is 2. The van der Waals surface area contributed by atoms with E-state index >= 15 is 0 Å². The van der Waals surface area contributed by atoms with Crippen LogP contribution < -0.4 is 10.1 Å². The summed E-state index contributed by atoms with van der Waals surface area (Å²) in [4.78, 5) is 0. The molecule has 22 heavy (non-hydrogen) atoms. The summed E-state index contributed by atoms with van der Waals surface area (Å²) in [6.07, 6.45) is -0.535. The molecule has 1 aromatic carbocycles. The Hall–Kier alpha value is -1.85. The number of nitrogens with one attached hydrogen (secondary N) is 1. The van der Waals surface area contributed by atoms with Gasteiger partial charge in [0.1, 0.15) is 5.75 Å². The third-order valence-electron chi connectivity index (χ3n) is 3.97. The highest BCUT2D eigenvalue weighted by Gasteiger charge is 2.12. The molecule has 0 aliphatic heterocycles. The van der Waals surface area contributed by atoms with Crippen molar-refractivity contribution in [2.24, 2.45) is 0 Å². The zero-order valence-electron chi connectivity index (χ0n) is 13.8. The third kappa shape index (κ3) is 3.67. The fourth-order valence-electron chi connectivity index (χ4n) is 2.58. The maximum atomic E-state index is 10.2. The second-order valence-corrected chi connectivity index (χ2v) is 5.38. The highest BCUT2D eigenvalue weighted by Crippen LogP contribution is 2.17. The Labute approximate surface area is 131 Å². The predicted molar refractivity (Wildman–Crippen MR) is 87.0 cm³/mol. The molecule has 0 radical (unpaired) electrons. The summed E-state index contributed by atoms with van der Waals surface area (Å²) in [5.41, 5.74) is 4.33. The Morgan fingerprint density at radius 3 is 2.50 bits per heavy atom. The molecule has 1 aromatic heterocycles. The first-order chi connectivity index (χ1) is 10.6. The minimum Gasteiger partial charge on any atom is -0.497 e. The van der Waals surface area contributed by atoms with Gasteiger partial charge >= 0.3 is 0 Å². The summed E-state index contributed by atoms with van der Waals surface area (Å²) in [5, 5.41) is 18.0. The van der Waals surface area contributed by atoms with Crippen LogP contribution in [0.1, 0.15) is 35.5 Å². The van der Waals surface area contributed by atoms with Crippen LogP contribution in [-0.4, -0.2) is 28.5 Å². The van der Waals surface area contributed by atoms with Crippen molar-refractivity contribution in [1.29, 1.82) is 0 Å². The number of rotatable bonds is 7. The number of aryl methyl sites for hydroxylation is 2. The molecular weight excluding hydrogens is 278 g/mol. The molecule has 0 amide bonds. The van der Waals surface area contributed by atoms with E-state index in [0.717, 1.165) is 23.6 Å². The number of benzene rings is 1. The molecule has 2 aromatic rings. The summed E-state index contributed by atoms with van der Waals surface area (Å²) in [7, 11) is 1.63. The van der Waals surface area contributed by atoms with Crippen LogP contribution in [0.3, 0.4) is 0 Å². The SMILES string of the molecule is CCn1nc(C)c(CNCC(O)c2ccc(OC)cc2)c1C. The molecular formula is C17H25N3O2. The lowest BCUT2D eigenvalue weighted by Crippen LogP contribution is -2.21. The molecule has 0 bridgehead atoms. The largest absolute Gasteiger partial charge is 0.497 e. The van der Waals surface area contributed by atoms with E-state index in [2.05, 4.69) is 24.3 Å². The molecule has 1 atom stereocenters. The number of aliphatic hydroxyl groups excluding tert-OH is 1. The molecule has 120 valence electrons. The number of aromatic nitrogens is 2. The van der Waals surface area contributed by atoms with E-state index in [9.17, 15) is 5.11 Å². The quantitative estimate of drug-likeness (QED) is 0.824. The molecule has 0 aliphatic carbocycles. The number of methoxy groups -OCH3 is 1.